The van der Waals surface area contributed by atoms with Crippen molar-refractivity contribution in [2.45, 2.75) is 12.5 Å². The maximum absolute atomic E-state index is 4.15. The van der Waals surface area contributed by atoms with Gasteiger partial charge >= 0.3 is 0 Å². The van der Waals surface area contributed by atoms with E-state index in [1.165, 1.54) is 5.57 Å². The van der Waals surface area contributed by atoms with Gasteiger partial charge in [0.25, 0.3) is 0 Å². The summed E-state index contributed by atoms with van der Waals surface area (Å²) >= 11 is 0. The van der Waals surface area contributed by atoms with E-state index >= 15 is 0 Å². The highest BCUT2D eigenvalue weighted by atomic mass is 14.9. The lowest BCUT2D eigenvalue weighted by atomic mass is 10.0. The zero-order valence-electron chi connectivity index (χ0n) is 6.90. The normalized spacial score (nSPS) is 26.7. The molecule has 0 fully saturated rings. The Morgan fingerprint density at radius 1 is 1.42 bits per heavy atom. The number of dihydropyridines is 2. The van der Waals surface area contributed by atoms with Gasteiger partial charge in [-0.05, 0) is 17.8 Å². The molecular formula is C10H12N2. The second-order valence-electron chi connectivity index (χ2n) is 2.92. The molecule has 0 amide bonds. The summed E-state index contributed by atoms with van der Waals surface area (Å²) in [4.78, 5) is 4.15. The molecule has 62 valence electrons. The summed E-state index contributed by atoms with van der Waals surface area (Å²) < 4.78 is 0. The molecule has 2 aliphatic heterocycles. The first-order valence-corrected chi connectivity index (χ1v) is 4.23. The summed E-state index contributed by atoms with van der Waals surface area (Å²) in [6, 6.07) is 0.391. The Hall–Kier alpha value is -1.31. The van der Waals surface area contributed by atoms with Gasteiger partial charge in [0.05, 0.1) is 12.6 Å². The van der Waals surface area contributed by atoms with Crippen LogP contribution >= 0.6 is 0 Å². The second-order valence-corrected chi connectivity index (χ2v) is 2.92. The van der Waals surface area contributed by atoms with Crippen LogP contribution in [-0.4, -0.2) is 18.8 Å². The van der Waals surface area contributed by atoms with Crippen molar-refractivity contribution in [2.75, 3.05) is 6.54 Å². The van der Waals surface area contributed by atoms with E-state index in [1.807, 2.05) is 18.5 Å². The Kier molecular flexibility index (Phi) is 2.08. The summed E-state index contributed by atoms with van der Waals surface area (Å²) in [6.07, 6.45) is 13.4. The van der Waals surface area contributed by atoms with Crippen LogP contribution in [-0.2, 0) is 0 Å². The summed E-state index contributed by atoms with van der Waals surface area (Å²) in [5.41, 5.74) is 1.42. The van der Waals surface area contributed by atoms with Gasteiger partial charge in [-0.2, -0.15) is 0 Å². The van der Waals surface area contributed by atoms with E-state index in [0.29, 0.717) is 6.04 Å². The van der Waals surface area contributed by atoms with Gasteiger partial charge in [-0.1, -0.05) is 18.2 Å². The minimum absolute atomic E-state index is 0.391. The average molecular weight is 160 g/mol. The van der Waals surface area contributed by atoms with E-state index in [-0.39, 0.29) is 0 Å². The van der Waals surface area contributed by atoms with Crippen LogP contribution in [0.3, 0.4) is 0 Å². The number of allylic oxidation sites excluding steroid dienone is 2. The lowest BCUT2D eigenvalue weighted by Crippen LogP contribution is -2.26. The average Bonchev–Trinajstić information content (AvgIpc) is 2.21. The molecule has 2 nitrogen and oxygen atoms in total. The number of nitrogens with one attached hydrogen (secondary N) is 1. The van der Waals surface area contributed by atoms with E-state index in [4.69, 9.17) is 0 Å². The zero-order valence-corrected chi connectivity index (χ0v) is 6.90. The molecule has 1 N–H and O–H groups in total. The first-order chi connectivity index (χ1) is 5.97. The van der Waals surface area contributed by atoms with E-state index in [0.717, 1.165) is 13.0 Å². The lowest BCUT2D eigenvalue weighted by molar-refractivity contribution is 0.766. The van der Waals surface area contributed by atoms with Gasteiger partial charge in [0.2, 0.25) is 0 Å². The molecule has 1 atom stereocenters. The monoisotopic (exact) mass is 160 g/mol. The summed E-state index contributed by atoms with van der Waals surface area (Å²) in [7, 11) is 0. The van der Waals surface area contributed by atoms with Gasteiger partial charge in [0.15, 0.2) is 0 Å². The summed E-state index contributed by atoms with van der Waals surface area (Å²) in [6.45, 7) is 0.838. The molecule has 2 aliphatic rings. The Morgan fingerprint density at radius 2 is 2.42 bits per heavy atom. The summed E-state index contributed by atoms with van der Waals surface area (Å²) in [5, 5.41) is 3.29. The van der Waals surface area contributed by atoms with Crippen LogP contribution in [0.25, 0.3) is 0 Å². The van der Waals surface area contributed by atoms with Crippen LogP contribution in [0.1, 0.15) is 6.42 Å². The SMILES string of the molecule is C1=CNC(C2=CCN=CC2)C=C1. The highest BCUT2D eigenvalue weighted by Crippen LogP contribution is 2.12. The van der Waals surface area contributed by atoms with Crippen LogP contribution in [0.4, 0.5) is 0 Å². The predicted molar refractivity (Wildman–Crippen MR) is 51.3 cm³/mol. The van der Waals surface area contributed by atoms with E-state index in [1.54, 1.807) is 0 Å². The van der Waals surface area contributed by atoms with Crippen molar-refractivity contribution in [2.24, 2.45) is 4.99 Å². The molecule has 2 heterocycles. The van der Waals surface area contributed by atoms with Crippen molar-refractivity contribution in [3.63, 3.8) is 0 Å². The third-order valence-corrected chi connectivity index (χ3v) is 2.10. The fraction of sp³-hybridized carbons (Fsp3) is 0.300. The molecule has 0 aromatic rings. The molecule has 2 heteroatoms. The molecule has 0 saturated carbocycles. The minimum Gasteiger partial charge on any atom is -0.381 e. The van der Waals surface area contributed by atoms with Crippen molar-refractivity contribution >= 4 is 6.21 Å². The smallest absolute Gasteiger partial charge is 0.0659 e. The molecule has 0 aromatic carbocycles. The van der Waals surface area contributed by atoms with Crippen LogP contribution in [0.2, 0.25) is 0 Å². The molecule has 2 rings (SSSR count). The molecular weight excluding hydrogens is 148 g/mol. The molecule has 0 spiro atoms. The first kappa shape index (κ1) is 7.35. The molecule has 0 aliphatic carbocycles. The Bertz CT molecular complexity index is 272. The fourth-order valence-electron chi connectivity index (χ4n) is 1.43. The number of hydrogen-bond acceptors (Lipinski definition) is 2. The van der Waals surface area contributed by atoms with Gasteiger partial charge in [-0.3, -0.25) is 4.99 Å². The van der Waals surface area contributed by atoms with Gasteiger partial charge in [-0.15, -0.1) is 0 Å². The minimum atomic E-state index is 0.391. The Balaban J connectivity index is 2.04. The summed E-state index contributed by atoms with van der Waals surface area (Å²) in [5.74, 6) is 0. The van der Waals surface area contributed by atoms with Gasteiger partial charge < -0.3 is 5.32 Å². The van der Waals surface area contributed by atoms with Crippen LogP contribution in [0.5, 0.6) is 0 Å². The topological polar surface area (TPSA) is 24.4 Å². The van der Waals surface area contributed by atoms with Crippen LogP contribution in [0.15, 0.2) is 41.1 Å². The third kappa shape index (κ3) is 1.47. The van der Waals surface area contributed by atoms with Gasteiger partial charge in [-0.25, -0.2) is 0 Å². The highest BCUT2D eigenvalue weighted by Gasteiger charge is 2.10. The second kappa shape index (κ2) is 3.39. The van der Waals surface area contributed by atoms with Crippen molar-refractivity contribution in [3.8, 4) is 0 Å². The van der Waals surface area contributed by atoms with Crippen molar-refractivity contribution in [1.29, 1.82) is 0 Å². The van der Waals surface area contributed by atoms with E-state index < -0.39 is 0 Å². The Labute approximate surface area is 72.4 Å². The van der Waals surface area contributed by atoms with Gasteiger partial charge in [0.1, 0.15) is 0 Å². The predicted octanol–water partition coefficient (Wildman–Crippen LogP) is 1.43. The number of rotatable bonds is 1. The maximum atomic E-state index is 4.15. The van der Waals surface area contributed by atoms with Crippen molar-refractivity contribution in [1.82, 2.24) is 5.32 Å². The molecule has 0 radical (unpaired) electrons. The maximum Gasteiger partial charge on any atom is 0.0659 e. The number of nitrogens with zero attached hydrogens (tertiary/aromatic N) is 1. The number of aliphatic imine (C=N–C) groups is 1. The molecule has 1 unspecified atom stereocenters. The van der Waals surface area contributed by atoms with Crippen LogP contribution in [0, 0.1) is 0 Å². The number of hydrogen-bond donors (Lipinski definition) is 1. The quantitative estimate of drug-likeness (QED) is 0.576. The van der Waals surface area contributed by atoms with E-state index in [9.17, 15) is 0 Å². The van der Waals surface area contributed by atoms with Crippen LogP contribution < -0.4 is 5.32 Å². The zero-order chi connectivity index (χ0) is 8.23. The third-order valence-electron chi connectivity index (χ3n) is 2.10. The Morgan fingerprint density at radius 3 is 3.08 bits per heavy atom. The molecule has 0 aromatic heterocycles. The van der Waals surface area contributed by atoms with Crippen molar-refractivity contribution < 1.29 is 0 Å². The molecule has 0 saturated heterocycles. The largest absolute Gasteiger partial charge is 0.381 e. The highest BCUT2D eigenvalue weighted by molar-refractivity contribution is 5.63. The first-order valence-electron chi connectivity index (χ1n) is 4.23. The van der Waals surface area contributed by atoms with Gasteiger partial charge in [0, 0.05) is 12.6 Å². The van der Waals surface area contributed by atoms with E-state index in [2.05, 4.69) is 28.5 Å². The standard InChI is InChI=1S/C10H12N2/c1-2-6-12-10(3-1)9-4-7-11-8-5-9/h1-4,6,8,10,12H,5,7H2. The molecule has 12 heavy (non-hydrogen) atoms. The lowest BCUT2D eigenvalue weighted by Gasteiger charge is -2.19. The van der Waals surface area contributed by atoms with Crippen molar-refractivity contribution in [3.05, 3.63) is 36.1 Å². The molecule has 0 bridgehead atoms. The fourth-order valence-corrected chi connectivity index (χ4v) is 1.43.